The van der Waals surface area contributed by atoms with Crippen LogP contribution in [0, 0.1) is 12.3 Å². The molecular weight excluding hydrogens is 192 g/mol. The van der Waals surface area contributed by atoms with Crippen molar-refractivity contribution in [3.8, 4) is 12.3 Å². The summed E-state index contributed by atoms with van der Waals surface area (Å²) in [6.45, 7) is 4.37. The zero-order chi connectivity index (χ0) is 11.8. The van der Waals surface area contributed by atoms with Gasteiger partial charge in [-0.25, -0.2) is 0 Å². The smallest absolute Gasteiger partial charge is 0.0317 e. The lowest BCUT2D eigenvalue weighted by molar-refractivity contribution is 0.729. The fourth-order valence-corrected chi connectivity index (χ4v) is 1.78. The molecule has 0 bridgehead atoms. The lowest BCUT2D eigenvalue weighted by Gasteiger charge is -2.05. The average molecular weight is 212 g/mol. The highest BCUT2D eigenvalue weighted by Gasteiger charge is 2.00. The van der Waals surface area contributed by atoms with E-state index < -0.39 is 0 Å². The Hall–Kier alpha value is -1.48. The van der Waals surface area contributed by atoms with E-state index in [4.69, 9.17) is 6.42 Å². The van der Waals surface area contributed by atoms with E-state index in [1.807, 2.05) is 18.2 Å². The molecule has 0 aliphatic heterocycles. The minimum Gasteiger partial charge on any atom is -0.115 e. The Morgan fingerprint density at radius 1 is 1.31 bits per heavy atom. The summed E-state index contributed by atoms with van der Waals surface area (Å²) in [5.74, 6) is 2.74. The number of allylic oxidation sites excluding steroid dienone is 2. The molecule has 1 aromatic carbocycles. The molecule has 0 saturated carbocycles. The first-order valence-electron chi connectivity index (χ1n) is 6.02. The van der Waals surface area contributed by atoms with Crippen molar-refractivity contribution in [1.29, 1.82) is 0 Å². The van der Waals surface area contributed by atoms with Crippen molar-refractivity contribution < 1.29 is 0 Å². The molecule has 0 N–H and O–H groups in total. The lowest BCUT2D eigenvalue weighted by atomic mass is 10.00. The summed E-state index contributed by atoms with van der Waals surface area (Å²) >= 11 is 0. The molecule has 0 heterocycles. The van der Waals surface area contributed by atoms with Crippen molar-refractivity contribution in [2.24, 2.45) is 0 Å². The number of rotatable bonds is 5. The van der Waals surface area contributed by atoms with Gasteiger partial charge in [-0.2, -0.15) is 0 Å². The van der Waals surface area contributed by atoms with Gasteiger partial charge in [-0.3, -0.25) is 0 Å². The minimum absolute atomic E-state index is 0.992. The first-order chi connectivity index (χ1) is 7.79. The van der Waals surface area contributed by atoms with Crippen molar-refractivity contribution in [3.05, 3.63) is 41.5 Å². The van der Waals surface area contributed by atoms with Gasteiger partial charge in [-0.1, -0.05) is 50.0 Å². The number of hydrogen-bond acceptors (Lipinski definition) is 0. The van der Waals surface area contributed by atoms with Crippen molar-refractivity contribution in [2.75, 3.05) is 0 Å². The summed E-state index contributed by atoms with van der Waals surface area (Å²) in [5, 5.41) is 0. The summed E-state index contributed by atoms with van der Waals surface area (Å²) in [5.41, 5.74) is 3.48. The highest BCUT2D eigenvalue weighted by Crippen LogP contribution is 2.19. The van der Waals surface area contributed by atoms with Gasteiger partial charge in [0.25, 0.3) is 0 Å². The Labute approximate surface area is 99.4 Å². The van der Waals surface area contributed by atoms with Crippen molar-refractivity contribution in [3.63, 3.8) is 0 Å². The Bertz CT molecular complexity index is 391. The Morgan fingerprint density at radius 3 is 2.75 bits per heavy atom. The van der Waals surface area contributed by atoms with E-state index in [0.717, 1.165) is 12.0 Å². The van der Waals surface area contributed by atoms with E-state index in [1.165, 1.54) is 30.4 Å². The van der Waals surface area contributed by atoms with Crippen LogP contribution in [0.2, 0.25) is 0 Å². The second kappa shape index (κ2) is 6.90. The molecule has 0 fully saturated rings. The number of hydrogen-bond donors (Lipinski definition) is 0. The molecule has 0 aliphatic rings. The van der Waals surface area contributed by atoms with Crippen LogP contribution in [-0.2, 0) is 0 Å². The largest absolute Gasteiger partial charge is 0.115 e. The van der Waals surface area contributed by atoms with Crippen LogP contribution in [0.25, 0.3) is 5.57 Å². The maximum Gasteiger partial charge on any atom is 0.0317 e. The molecule has 84 valence electrons. The molecule has 0 amide bonds. The minimum atomic E-state index is 0.992. The van der Waals surface area contributed by atoms with Crippen LogP contribution in [-0.4, -0.2) is 0 Å². The second-order valence-electron chi connectivity index (χ2n) is 4.07. The van der Waals surface area contributed by atoms with Crippen LogP contribution in [0.15, 0.2) is 30.3 Å². The third-order valence-electron chi connectivity index (χ3n) is 2.77. The Kier molecular flexibility index (Phi) is 5.43. The van der Waals surface area contributed by atoms with E-state index >= 15 is 0 Å². The zero-order valence-electron chi connectivity index (χ0n) is 10.3. The van der Waals surface area contributed by atoms with Gasteiger partial charge in [-0.05, 0) is 37.0 Å². The number of terminal acetylenes is 1. The summed E-state index contributed by atoms with van der Waals surface area (Å²) in [6, 6.07) is 8.13. The molecule has 1 aromatic rings. The molecule has 1 rings (SSSR count). The number of unbranched alkanes of at least 4 members (excludes halogenated alkanes) is 3. The molecule has 0 atom stereocenters. The van der Waals surface area contributed by atoms with Crippen LogP contribution in [0.4, 0.5) is 0 Å². The Balaban J connectivity index is 2.72. The topological polar surface area (TPSA) is 0 Å². The molecule has 0 aromatic heterocycles. The SMILES string of the molecule is C#Cc1ccccc1C(C)=CCCCCC. The van der Waals surface area contributed by atoms with Gasteiger partial charge in [0.1, 0.15) is 0 Å². The zero-order valence-corrected chi connectivity index (χ0v) is 10.3. The fraction of sp³-hybridized carbons (Fsp3) is 0.375. The van der Waals surface area contributed by atoms with E-state index in [2.05, 4.69) is 31.9 Å². The summed E-state index contributed by atoms with van der Waals surface area (Å²) in [4.78, 5) is 0. The Morgan fingerprint density at radius 2 is 2.06 bits per heavy atom. The van der Waals surface area contributed by atoms with E-state index in [0.29, 0.717) is 0 Å². The molecule has 0 aliphatic carbocycles. The van der Waals surface area contributed by atoms with Gasteiger partial charge >= 0.3 is 0 Å². The number of benzene rings is 1. The van der Waals surface area contributed by atoms with Crippen molar-refractivity contribution in [1.82, 2.24) is 0 Å². The van der Waals surface area contributed by atoms with E-state index in [-0.39, 0.29) is 0 Å². The van der Waals surface area contributed by atoms with Gasteiger partial charge in [0.2, 0.25) is 0 Å². The van der Waals surface area contributed by atoms with Crippen LogP contribution in [0.1, 0.15) is 50.7 Å². The summed E-state index contributed by atoms with van der Waals surface area (Å²) in [7, 11) is 0. The molecule has 0 saturated heterocycles. The highest BCUT2D eigenvalue weighted by molar-refractivity contribution is 5.69. The molecule has 0 radical (unpaired) electrons. The van der Waals surface area contributed by atoms with Gasteiger partial charge in [-0.15, -0.1) is 6.42 Å². The molecule has 0 nitrogen and oxygen atoms in total. The van der Waals surface area contributed by atoms with Crippen molar-refractivity contribution >= 4 is 5.57 Å². The summed E-state index contributed by atoms with van der Waals surface area (Å²) < 4.78 is 0. The van der Waals surface area contributed by atoms with Crippen LogP contribution < -0.4 is 0 Å². The maximum atomic E-state index is 5.49. The van der Waals surface area contributed by atoms with E-state index in [9.17, 15) is 0 Å². The first-order valence-corrected chi connectivity index (χ1v) is 6.02. The predicted molar refractivity (Wildman–Crippen MR) is 72.2 cm³/mol. The van der Waals surface area contributed by atoms with Crippen LogP contribution in [0.3, 0.4) is 0 Å². The predicted octanol–water partition coefficient (Wildman–Crippen LogP) is 4.65. The van der Waals surface area contributed by atoms with Gasteiger partial charge < -0.3 is 0 Å². The van der Waals surface area contributed by atoms with Gasteiger partial charge in [0, 0.05) is 5.56 Å². The summed E-state index contributed by atoms with van der Waals surface area (Å²) in [6.07, 6.45) is 12.8. The van der Waals surface area contributed by atoms with Gasteiger partial charge in [0.15, 0.2) is 0 Å². The normalized spacial score (nSPS) is 11.2. The second-order valence-corrected chi connectivity index (χ2v) is 4.07. The first kappa shape index (κ1) is 12.6. The third kappa shape index (κ3) is 3.59. The maximum absolute atomic E-state index is 5.49. The molecule has 0 unspecified atom stereocenters. The molecule has 0 spiro atoms. The average Bonchev–Trinajstić information content (AvgIpc) is 2.34. The van der Waals surface area contributed by atoms with Crippen LogP contribution in [0.5, 0.6) is 0 Å². The van der Waals surface area contributed by atoms with E-state index in [1.54, 1.807) is 0 Å². The molecular formula is C16H20. The fourth-order valence-electron chi connectivity index (χ4n) is 1.78. The third-order valence-corrected chi connectivity index (χ3v) is 2.77. The monoisotopic (exact) mass is 212 g/mol. The van der Waals surface area contributed by atoms with Gasteiger partial charge in [0.05, 0.1) is 0 Å². The molecule has 0 heteroatoms. The lowest BCUT2D eigenvalue weighted by Crippen LogP contribution is -1.86. The van der Waals surface area contributed by atoms with Crippen molar-refractivity contribution in [2.45, 2.75) is 39.5 Å². The standard InChI is InChI=1S/C16H20/c1-4-6-7-8-11-14(3)16-13-10-9-12-15(16)5-2/h2,9-13H,4,6-8H2,1,3H3. The molecule has 16 heavy (non-hydrogen) atoms. The highest BCUT2D eigenvalue weighted by atomic mass is 14.0. The quantitative estimate of drug-likeness (QED) is 0.492. The van der Waals surface area contributed by atoms with Crippen LogP contribution >= 0.6 is 0 Å².